The van der Waals surface area contributed by atoms with Gasteiger partial charge in [0.1, 0.15) is 0 Å². The monoisotopic (exact) mass is 247 g/mol. The van der Waals surface area contributed by atoms with Gasteiger partial charge in [0.25, 0.3) is 0 Å². The third kappa shape index (κ3) is 2.13. The summed E-state index contributed by atoms with van der Waals surface area (Å²) in [5.74, 6) is 5.43. The van der Waals surface area contributed by atoms with Gasteiger partial charge >= 0.3 is 0 Å². The second-order valence-corrected chi connectivity index (χ2v) is 7.85. The predicted molar refractivity (Wildman–Crippen MR) is 75.4 cm³/mol. The van der Waals surface area contributed by atoms with Crippen LogP contribution in [-0.2, 0) is 0 Å². The van der Waals surface area contributed by atoms with Crippen LogP contribution in [0.4, 0.5) is 0 Å². The summed E-state index contributed by atoms with van der Waals surface area (Å²) in [5, 5.41) is 3.99. The minimum absolute atomic E-state index is 0.916. The second kappa shape index (κ2) is 4.81. The summed E-state index contributed by atoms with van der Waals surface area (Å²) < 4.78 is 0. The molecule has 0 unspecified atom stereocenters. The van der Waals surface area contributed by atoms with Crippen LogP contribution in [0.15, 0.2) is 0 Å². The first-order valence-corrected chi connectivity index (χ1v) is 8.62. The maximum Gasteiger partial charge on any atom is 0.0124 e. The molecule has 4 bridgehead atoms. The lowest BCUT2D eigenvalue weighted by Crippen LogP contribution is -2.54. The Morgan fingerprint density at radius 1 is 0.778 bits per heavy atom. The number of rotatable bonds is 4. The standard InChI is InChI=1S/C17H29N/c1-2-4-12(3-1)5-6-18-17-15-8-13-7-14(10-15)11-16(17)9-13/h12-18H,1-11H2. The molecule has 0 spiro atoms. The van der Waals surface area contributed by atoms with Gasteiger partial charge in [0.2, 0.25) is 0 Å². The van der Waals surface area contributed by atoms with E-state index < -0.39 is 0 Å². The summed E-state index contributed by atoms with van der Waals surface area (Å²) in [4.78, 5) is 0. The molecule has 1 N–H and O–H groups in total. The fraction of sp³-hybridized carbons (Fsp3) is 1.00. The SMILES string of the molecule is C1CCC(CCNC2C3CC4CC(C3)CC2C4)C1. The van der Waals surface area contributed by atoms with Crippen molar-refractivity contribution in [1.29, 1.82) is 0 Å². The van der Waals surface area contributed by atoms with Crippen LogP contribution >= 0.6 is 0 Å². The molecule has 0 aromatic carbocycles. The molecule has 18 heavy (non-hydrogen) atoms. The number of hydrogen-bond acceptors (Lipinski definition) is 1. The van der Waals surface area contributed by atoms with Crippen molar-refractivity contribution in [1.82, 2.24) is 5.32 Å². The summed E-state index contributed by atoms with van der Waals surface area (Å²) in [6.07, 6.45) is 15.3. The highest BCUT2D eigenvalue weighted by atomic mass is 14.9. The first kappa shape index (κ1) is 11.8. The maximum absolute atomic E-state index is 3.99. The fourth-order valence-corrected chi connectivity index (χ4v) is 6.01. The minimum atomic E-state index is 0.916. The highest BCUT2D eigenvalue weighted by molar-refractivity contribution is 5.01. The zero-order chi connectivity index (χ0) is 11.9. The molecule has 0 saturated heterocycles. The molecule has 0 atom stereocenters. The van der Waals surface area contributed by atoms with Crippen molar-refractivity contribution in [2.24, 2.45) is 29.6 Å². The first-order valence-electron chi connectivity index (χ1n) is 8.62. The Labute approximate surface area is 112 Å². The van der Waals surface area contributed by atoms with E-state index in [0.29, 0.717) is 0 Å². The van der Waals surface area contributed by atoms with Gasteiger partial charge in [-0.15, -0.1) is 0 Å². The quantitative estimate of drug-likeness (QED) is 0.792. The summed E-state index contributed by atoms with van der Waals surface area (Å²) in [6.45, 7) is 1.32. The molecule has 5 rings (SSSR count). The molecule has 0 heterocycles. The third-order valence-electron chi connectivity index (χ3n) is 6.63. The first-order chi connectivity index (χ1) is 8.88. The summed E-state index contributed by atoms with van der Waals surface area (Å²) in [5.41, 5.74) is 0. The molecule has 0 radical (unpaired) electrons. The lowest BCUT2D eigenvalue weighted by Gasteiger charge is -2.54. The van der Waals surface area contributed by atoms with E-state index in [4.69, 9.17) is 0 Å². The average molecular weight is 247 g/mol. The van der Waals surface area contributed by atoms with Crippen molar-refractivity contribution < 1.29 is 0 Å². The summed E-state index contributed by atoms with van der Waals surface area (Å²) in [6, 6.07) is 0.916. The van der Waals surface area contributed by atoms with Crippen LogP contribution in [0.2, 0.25) is 0 Å². The molecule has 1 nitrogen and oxygen atoms in total. The molecule has 1 heteroatoms. The Balaban J connectivity index is 1.29. The van der Waals surface area contributed by atoms with Crippen molar-refractivity contribution in [3.05, 3.63) is 0 Å². The van der Waals surface area contributed by atoms with Gasteiger partial charge in [-0.2, -0.15) is 0 Å². The fourth-order valence-electron chi connectivity index (χ4n) is 6.01. The molecule has 0 amide bonds. The van der Waals surface area contributed by atoms with E-state index in [1.54, 1.807) is 32.1 Å². The zero-order valence-electron chi connectivity index (χ0n) is 11.7. The molecule has 5 saturated carbocycles. The van der Waals surface area contributed by atoms with Crippen LogP contribution in [0.5, 0.6) is 0 Å². The maximum atomic E-state index is 3.99. The van der Waals surface area contributed by atoms with Crippen molar-refractivity contribution in [3.8, 4) is 0 Å². The Hall–Kier alpha value is -0.0400. The van der Waals surface area contributed by atoms with Crippen LogP contribution in [0.25, 0.3) is 0 Å². The lowest BCUT2D eigenvalue weighted by atomic mass is 9.54. The van der Waals surface area contributed by atoms with Crippen molar-refractivity contribution >= 4 is 0 Å². The van der Waals surface area contributed by atoms with Crippen molar-refractivity contribution in [2.45, 2.75) is 70.3 Å². The van der Waals surface area contributed by atoms with E-state index in [0.717, 1.165) is 35.6 Å². The van der Waals surface area contributed by atoms with Gasteiger partial charge in [-0.05, 0) is 74.7 Å². The number of hydrogen-bond donors (Lipinski definition) is 1. The molecule has 5 aliphatic carbocycles. The second-order valence-electron chi connectivity index (χ2n) is 7.85. The molecule has 0 aromatic rings. The van der Waals surface area contributed by atoms with Crippen LogP contribution < -0.4 is 5.32 Å². The van der Waals surface area contributed by atoms with E-state index in [1.807, 2.05) is 0 Å². The summed E-state index contributed by atoms with van der Waals surface area (Å²) >= 11 is 0. The van der Waals surface area contributed by atoms with E-state index in [9.17, 15) is 0 Å². The predicted octanol–water partition coefficient (Wildman–Crippen LogP) is 3.98. The topological polar surface area (TPSA) is 12.0 Å². The smallest absolute Gasteiger partial charge is 0.0124 e. The van der Waals surface area contributed by atoms with E-state index >= 15 is 0 Å². The minimum Gasteiger partial charge on any atom is -0.313 e. The lowest BCUT2D eigenvalue weighted by molar-refractivity contribution is -0.0138. The summed E-state index contributed by atoms with van der Waals surface area (Å²) in [7, 11) is 0. The Bertz CT molecular complexity index is 264. The molecule has 5 aliphatic rings. The highest BCUT2D eigenvalue weighted by Gasteiger charge is 2.47. The van der Waals surface area contributed by atoms with Gasteiger partial charge in [0.05, 0.1) is 0 Å². The average Bonchev–Trinajstić information content (AvgIpc) is 2.85. The van der Waals surface area contributed by atoms with Crippen molar-refractivity contribution in [2.75, 3.05) is 6.54 Å². The Morgan fingerprint density at radius 2 is 1.39 bits per heavy atom. The largest absolute Gasteiger partial charge is 0.313 e. The van der Waals surface area contributed by atoms with E-state index in [1.165, 1.54) is 38.6 Å². The molecular weight excluding hydrogens is 218 g/mol. The molecule has 5 fully saturated rings. The molecular formula is C17H29N. The normalized spacial score (nSPS) is 47.0. The van der Waals surface area contributed by atoms with Gasteiger partial charge in [0, 0.05) is 6.04 Å². The molecule has 102 valence electrons. The Kier molecular flexibility index (Phi) is 3.14. The van der Waals surface area contributed by atoms with Gasteiger partial charge in [-0.3, -0.25) is 0 Å². The van der Waals surface area contributed by atoms with Gasteiger partial charge in [-0.1, -0.05) is 25.7 Å². The van der Waals surface area contributed by atoms with Gasteiger partial charge in [0.15, 0.2) is 0 Å². The molecule has 0 aliphatic heterocycles. The van der Waals surface area contributed by atoms with Crippen LogP contribution in [0.3, 0.4) is 0 Å². The third-order valence-corrected chi connectivity index (χ3v) is 6.63. The van der Waals surface area contributed by atoms with Gasteiger partial charge < -0.3 is 5.32 Å². The van der Waals surface area contributed by atoms with Gasteiger partial charge in [-0.25, -0.2) is 0 Å². The zero-order valence-corrected chi connectivity index (χ0v) is 11.7. The van der Waals surface area contributed by atoms with Crippen molar-refractivity contribution in [3.63, 3.8) is 0 Å². The number of nitrogens with one attached hydrogen (secondary N) is 1. The van der Waals surface area contributed by atoms with E-state index in [2.05, 4.69) is 5.32 Å². The Morgan fingerprint density at radius 3 is 2.00 bits per heavy atom. The van der Waals surface area contributed by atoms with Crippen LogP contribution in [0, 0.1) is 29.6 Å². The van der Waals surface area contributed by atoms with E-state index in [-0.39, 0.29) is 0 Å². The molecule has 0 aromatic heterocycles. The van der Waals surface area contributed by atoms with Crippen LogP contribution in [-0.4, -0.2) is 12.6 Å². The van der Waals surface area contributed by atoms with Crippen LogP contribution in [0.1, 0.15) is 64.2 Å². The highest BCUT2D eigenvalue weighted by Crippen LogP contribution is 2.53.